The third-order valence-corrected chi connectivity index (χ3v) is 3.37. The first-order chi connectivity index (χ1) is 9.38. The van der Waals surface area contributed by atoms with Crippen molar-refractivity contribution < 1.29 is 14.6 Å². The average molecular weight is 275 g/mol. The zero-order valence-electron chi connectivity index (χ0n) is 11.7. The number of phenols is 2. The van der Waals surface area contributed by atoms with Gasteiger partial charge in [-0.05, 0) is 62.2 Å². The van der Waals surface area contributed by atoms with Crippen molar-refractivity contribution in [1.29, 1.82) is 0 Å². The topological polar surface area (TPSA) is 52.5 Å². The van der Waals surface area contributed by atoms with Gasteiger partial charge in [0.15, 0.2) is 0 Å². The molecule has 0 aliphatic heterocycles. The van der Waals surface area contributed by atoms with E-state index in [1.165, 1.54) is 18.2 Å². The van der Waals surface area contributed by atoms with Crippen LogP contribution >= 0.6 is 0 Å². The molecule has 2 aromatic carbocycles. The standard InChI is InChI=1S/C16H18FNO2/c1-9-7-16(20)10(2)6-14(9)18-11(3)13-8-12(17)4-5-15(13)19/h4-8,11,18-20H,1-3H3. The Bertz CT molecular complexity index is 641. The number of rotatable bonds is 3. The molecule has 0 amide bonds. The molecule has 0 aliphatic carbocycles. The van der Waals surface area contributed by atoms with Crippen LogP contribution in [-0.2, 0) is 0 Å². The molecule has 0 saturated heterocycles. The summed E-state index contributed by atoms with van der Waals surface area (Å²) in [6, 6.07) is 7.13. The summed E-state index contributed by atoms with van der Waals surface area (Å²) in [6.07, 6.45) is 0. The number of hydrogen-bond acceptors (Lipinski definition) is 3. The molecule has 3 nitrogen and oxygen atoms in total. The first-order valence-corrected chi connectivity index (χ1v) is 6.43. The second kappa shape index (κ2) is 5.41. The van der Waals surface area contributed by atoms with Crippen molar-refractivity contribution in [3.63, 3.8) is 0 Å². The van der Waals surface area contributed by atoms with E-state index in [9.17, 15) is 14.6 Å². The lowest BCUT2D eigenvalue weighted by molar-refractivity contribution is 0.462. The van der Waals surface area contributed by atoms with Crippen LogP contribution < -0.4 is 5.32 Å². The molecule has 2 aromatic rings. The van der Waals surface area contributed by atoms with Crippen LogP contribution in [0, 0.1) is 19.7 Å². The summed E-state index contributed by atoms with van der Waals surface area (Å²) in [6.45, 7) is 5.53. The Morgan fingerprint density at radius 1 is 1.00 bits per heavy atom. The van der Waals surface area contributed by atoms with E-state index in [0.29, 0.717) is 5.56 Å². The van der Waals surface area contributed by atoms with Gasteiger partial charge in [-0.25, -0.2) is 4.39 Å². The molecule has 0 heterocycles. The summed E-state index contributed by atoms with van der Waals surface area (Å²) in [7, 11) is 0. The second-order valence-electron chi connectivity index (χ2n) is 5.02. The van der Waals surface area contributed by atoms with Crippen molar-refractivity contribution in [2.45, 2.75) is 26.8 Å². The summed E-state index contributed by atoms with van der Waals surface area (Å²) >= 11 is 0. The summed E-state index contributed by atoms with van der Waals surface area (Å²) in [5.41, 5.74) is 2.98. The van der Waals surface area contributed by atoms with Crippen molar-refractivity contribution in [1.82, 2.24) is 0 Å². The number of benzene rings is 2. The first-order valence-electron chi connectivity index (χ1n) is 6.43. The van der Waals surface area contributed by atoms with Crippen molar-refractivity contribution in [2.75, 3.05) is 5.32 Å². The third kappa shape index (κ3) is 2.85. The maximum absolute atomic E-state index is 13.3. The van der Waals surface area contributed by atoms with Crippen molar-refractivity contribution in [3.8, 4) is 11.5 Å². The predicted octanol–water partition coefficient (Wildman–Crippen LogP) is 4.03. The van der Waals surface area contributed by atoms with Gasteiger partial charge in [-0.3, -0.25) is 0 Å². The number of halogens is 1. The Morgan fingerprint density at radius 3 is 2.40 bits per heavy atom. The lowest BCUT2D eigenvalue weighted by Gasteiger charge is -2.19. The Kier molecular flexibility index (Phi) is 3.84. The van der Waals surface area contributed by atoms with Gasteiger partial charge in [0.1, 0.15) is 17.3 Å². The zero-order chi connectivity index (χ0) is 14.9. The molecule has 20 heavy (non-hydrogen) atoms. The molecule has 1 atom stereocenters. The normalized spacial score (nSPS) is 12.2. The minimum Gasteiger partial charge on any atom is -0.508 e. The van der Waals surface area contributed by atoms with Crippen molar-refractivity contribution in [2.24, 2.45) is 0 Å². The van der Waals surface area contributed by atoms with Crippen LogP contribution in [0.3, 0.4) is 0 Å². The minimum atomic E-state index is -0.384. The van der Waals surface area contributed by atoms with Gasteiger partial charge < -0.3 is 15.5 Å². The average Bonchev–Trinajstić information content (AvgIpc) is 2.38. The number of aryl methyl sites for hydroxylation is 2. The fourth-order valence-corrected chi connectivity index (χ4v) is 2.14. The molecule has 0 aromatic heterocycles. The highest BCUT2D eigenvalue weighted by atomic mass is 19.1. The van der Waals surface area contributed by atoms with Gasteiger partial charge in [0, 0.05) is 11.3 Å². The largest absolute Gasteiger partial charge is 0.508 e. The Balaban J connectivity index is 2.30. The molecule has 106 valence electrons. The number of hydrogen-bond donors (Lipinski definition) is 3. The predicted molar refractivity (Wildman–Crippen MR) is 77.7 cm³/mol. The molecule has 3 N–H and O–H groups in total. The molecule has 0 fully saturated rings. The van der Waals surface area contributed by atoms with E-state index in [0.717, 1.165) is 16.8 Å². The minimum absolute atomic E-state index is 0.0551. The van der Waals surface area contributed by atoms with Gasteiger partial charge >= 0.3 is 0 Å². The van der Waals surface area contributed by atoms with Gasteiger partial charge in [-0.1, -0.05) is 0 Å². The zero-order valence-corrected chi connectivity index (χ0v) is 11.7. The molecule has 1 unspecified atom stereocenters. The maximum atomic E-state index is 13.3. The lowest BCUT2D eigenvalue weighted by atomic mass is 10.0. The fourth-order valence-electron chi connectivity index (χ4n) is 2.14. The summed E-state index contributed by atoms with van der Waals surface area (Å²) in [4.78, 5) is 0. The molecular formula is C16H18FNO2. The van der Waals surface area contributed by atoms with Gasteiger partial charge in [-0.15, -0.1) is 0 Å². The van der Waals surface area contributed by atoms with Gasteiger partial charge in [0.2, 0.25) is 0 Å². The van der Waals surface area contributed by atoms with E-state index < -0.39 is 0 Å². The first kappa shape index (κ1) is 14.2. The summed E-state index contributed by atoms with van der Waals surface area (Å²) in [5.74, 6) is -0.0843. The number of phenolic OH excluding ortho intramolecular Hbond substituents is 2. The lowest BCUT2D eigenvalue weighted by Crippen LogP contribution is -2.08. The fraction of sp³-hybridized carbons (Fsp3) is 0.250. The highest BCUT2D eigenvalue weighted by Gasteiger charge is 2.13. The van der Waals surface area contributed by atoms with E-state index in [1.54, 1.807) is 6.07 Å². The third-order valence-electron chi connectivity index (χ3n) is 3.37. The van der Waals surface area contributed by atoms with Crippen LogP contribution in [0.5, 0.6) is 11.5 Å². The Hall–Kier alpha value is -2.23. The molecule has 0 bridgehead atoms. The highest BCUT2D eigenvalue weighted by molar-refractivity contribution is 5.58. The Labute approximate surface area is 117 Å². The van der Waals surface area contributed by atoms with Crippen LogP contribution in [-0.4, -0.2) is 10.2 Å². The molecular weight excluding hydrogens is 257 g/mol. The van der Waals surface area contributed by atoms with Gasteiger partial charge in [0.25, 0.3) is 0 Å². The van der Waals surface area contributed by atoms with Crippen molar-refractivity contribution >= 4 is 5.69 Å². The second-order valence-corrected chi connectivity index (χ2v) is 5.02. The van der Waals surface area contributed by atoms with Crippen molar-refractivity contribution in [3.05, 3.63) is 52.8 Å². The Morgan fingerprint density at radius 2 is 1.70 bits per heavy atom. The molecule has 4 heteroatoms. The quantitative estimate of drug-likeness (QED) is 0.741. The number of aromatic hydroxyl groups is 2. The molecule has 0 radical (unpaired) electrons. The summed E-state index contributed by atoms with van der Waals surface area (Å²) in [5, 5.41) is 22.7. The van der Waals surface area contributed by atoms with Gasteiger partial charge in [-0.2, -0.15) is 0 Å². The van der Waals surface area contributed by atoms with E-state index in [2.05, 4.69) is 5.32 Å². The molecule has 2 rings (SSSR count). The van der Waals surface area contributed by atoms with Crippen LogP contribution in [0.1, 0.15) is 29.7 Å². The van der Waals surface area contributed by atoms with Crippen LogP contribution in [0.15, 0.2) is 30.3 Å². The van der Waals surface area contributed by atoms with Crippen LogP contribution in [0.2, 0.25) is 0 Å². The molecule has 0 aliphatic rings. The van der Waals surface area contributed by atoms with Crippen LogP contribution in [0.25, 0.3) is 0 Å². The van der Waals surface area contributed by atoms with E-state index in [4.69, 9.17) is 0 Å². The van der Waals surface area contributed by atoms with Crippen LogP contribution in [0.4, 0.5) is 10.1 Å². The van der Waals surface area contributed by atoms with E-state index >= 15 is 0 Å². The molecule has 0 saturated carbocycles. The number of anilines is 1. The monoisotopic (exact) mass is 275 g/mol. The number of nitrogens with one attached hydrogen (secondary N) is 1. The van der Waals surface area contributed by atoms with Gasteiger partial charge in [0.05, 0.1) is 6.04 Å². The molecule has 0 spiro atoms. The van der Waals surface area contributed by atoms with E-state index in [-0.39, 0.29) is 23.4 Å². The highest BCUT2D eigenvalue weighted by Crippen LogP contribution is 2.31. The SMILES string of the molecule is Cc1cc(NC(C)c2cc(F)ccc2O)c(C)cc1O. The van der Waals surface area contributed by atoms with E-state index in [1.807, 2.05) is 26.8 Å². The summed E-state index contributed by atoms with van der Waals surface area (Å²) < 4.78 is 13.3. The maximum Gasteiger partial charge on any atom is 0.123 e. The smallest absolute Gasteiger partial charge is 0.123 e.